The summed E-state index contributed by atoms with van der Waals surface area (Å²) in [7, 11) is 0. The highest BCUT2D eigenvalue weighted by atomic mass is 19.4. The molecule has 1 unspecified atom stereocenters. The number of carbonyl (C=O) groups excluding carboxylic acids is 3. The van der Waals surface area contributed by atoms with Crippen molar-refractivity contribution in [3.63, 3.8) is 0 Å². The van der Waals surface area contributed by atoms with Crippen molar-refractivity contribution in [1.29, 1.82) is 0 Å². The van der Waals surface area contributed by atoms with E-state index in [4.69, 9.17) is 5.73 Å². The Bertz CT molecular complexity index is 549. The molecule has 0 aromatic rings. The van der Waals surface area contributed by atoms with Crippen LogP contribution in [0.1, 0.15) is 47.5 Å². The van der Waals surface area contributed by atoms with Crippen molar-refractivity contribution in [1.82, 2.24) is 9.80 Å². The molecule has 3 amide bonds. The van der Waals surface area contributed by atoms with Crippen LogP contribution in [-0.2, 0) is 9.59 Å². The summed E-state index contributed by atoms with van der Waals surface area (Å²) in [6.07, 6.45) is -3.79. The molecule has 0 aliphatic carbocycles. The number of alkyl halides is 3. The van der Waals surface area contributed by atoms with E-state index >= 15 is 0 Å². The van der Waals surface area contributed by atoms with Crippen LogP contribution in [0.15, 0.2) is 0 Å². The van der Waals surface area contributed by atoms with E-state index in [1.807, 2.05) is 0 Å². The number of ketones is 1. The Labute approximate surface area is 151 Å². The van der Waals surface area contributed by atoms with Crippen molar-refractivity contribution in [2.75, 3.05) is 6.54 Å². The van der Waals surface area contributed by atoms with Crippen molar-refractivity contribution < 1.29 is 27.6 Å². The van der Waals surface area contributed by atoms with Gasteiger partial charge < -0.3 is 10.6 Å². The summed E-state index contributed by atoms with van der Waals surface area (Å²) >= 11 is 0. The maximum atomic E-state index is 13.1. The first-order chi connectivity index (χ1) is 11.8. The second-order valence-electron chi connectivity index (χ2n) is 7.50. The van der Waals surface area contributed by atoms with Gasteiger partial charge in [-0.2, -0.15) is 13.2 Å². The normalized spacial score (nSPS) is 20.4. The molecule has 6 nitrogen and oxygen atoms in total. The first-order valence-corrected chi connectivity index (χ1v) is 8.81. The van der Waals surface area contributed by atoms with Crippen LogP contribution in [0.3, 0.4) is 0 Å². The molecule has 9 heteroatoms. The molecule has 0 radical (unpaired) electrons. The minimum absolute atomic E-state index is 0.220. The molecule has 0 aromatic heterocycles. The average molecular weight is 379 g/mol. The number of hydrogen-bond donors (Lipinski definition) is 1. The summed E-state index contributed by atoms with van der Waals surface area (Å²) in [4.78, 5) is 39.6. The van der Waals surface area contributed by atoms with Gasteiger partial charge >= 0.3 is 12.2 Å². The molecule has 26 heavy (non-hydrogen) atoms. The summed E-state index contributed by atoms with van der Waals surface area (Å²) in [5, 5.41) is 0. The molecule has 1 fully saturated rings. The standard InChI is InChI=1S/C17H28F3N3O3/c1-9(2)12(21)15(25)23(16(26)22-8-6-7-11(22)5)13(10(3)4)14(24)17(18,19)20/h9-13H,6-8,21H2,1-5H3/t11-,12+,13?/m1/s1. The maximum absolute atomic E-state index is 13.1. The monoisotopic (exact) mass is 379 g/mol. The Morgan fingerprint density at radius 3 is 2.00 bits per heavy atom. The molecule has 1 rings (SSSR count). The van der Waals surface area contributed by atoms with E-state index in [2.05, 4.69) is 0 Å². The highest BCUT2D eigenvalue weighted by Crippen LogP contribution is 2.28. The van der Waals surface area contributed by atoms with Crippen molar-refractivity contribution in [3.05, 3.63) is 0 Å². The number of hydrogen-bond acceptors (Lipinski definition) is 4. The van der Waals surface area contributed by atoms with E-state index in [9.17, 15) is 27.6 Å². The van der Waals surface area contributed by atoms with Crippen LogP contribution in [0.2, 0.25) is 0 Å². The molecule has 150 valence electrons. The Morgan fingerprint density at radius 2 is 1.65 bits per heavy atom. The van der Waals surface area contributed by atoms with Gasteiger partial charge in [-0.25, -0.2) is 4.79 Å². The van der Waals surface area contributed by atoms with E-state index in [1.54, 1.807) is 20.8 Å². The zero-order valence-electron chi connectivity index (χ0n) is 15.8. The van der Waals surface area contributed by atoms with Crippen molar-refractivity contribution in [2.24, 2.45) is 17.6 Å². The van der Waals surface area contributed by atoms with Crippen molar-refractivity contribution >= 4 is 17.7 Å². The number of imide groups is 1. The fourth-order valence-corrected chi connectivity index (χ4v) is 3.04. The van der Waals surface area contributed by atoms with Crippen molar-refractivity contribution in [3.8, 4) is 0 Å². The minimum Gasteiger partial charge on any atom is -0.322 e. The topological polar surface area (TPSA) is 83.7 Å². The summed E-state index contributed by atoms with van der Waals surface area (Å²) in [5.41, 5.74) is 5.82. The Balaban J connectivity index is 3.38. The smallest absolute Gasteiger partial charge is 0.322 e. The van der Waals surface area contributed by atoms with Gasteiger partial charge in [-0.05, 0) is 31.6 Å². The molecule has 1 aliphatic heterocycles. The second-order valence-corrected chi connectivity index (χ2v) is 7.50. The van der Waals surface area contributed by atoms with Gasteiger partial charge in [0.15, 0.2) is 0 Å². The van der Waals surface area contributed by atoms with Crippen molar-refractivity contribution in [2.45, 2.75) is 71.8 Å². The molecular formula is C17H28F3N3O3. The second kappa shape index (κ2) is 8.37. The number of Topliss-reactive ketones (excluding diaryl/α,β-unsaturated/α-hetero) is 1. The van der Waals surface area contributed by atoms with Crippen LogP contribution in [0.4, 0.5) is 18.0 Å². The van der Waals surface area contributed by atoms with Gasteiger partial charge in [-0.15, -0.1) is 0 Å². The van der Waals surface area contributed by atoms with Gasteiger partial charge in [0.25, 0.3) is 5.78 Å². The molecule has 0 aromatic carbocycles. The number of rotatable bonds is 5. The Morgan fingerprint density at radius 1 is 1.12 bits per heavy atom. The highest BCUT2D eigenvalue weighted by Gasteiger charge is 2.51. The Hall–Kier alpha value is -1.64. The van der Waals surface area contributed by atoms with Crippen LogP contribution in [-0.4, -0.2) is 58.4 Å². The molecule has 0 spiro atoms. The molecule has 0 saturated carbocycles. The zero-order valence-corrected chi connectivity index (χ0v) is 15.8. The predicted molar refractivity (Wildman–Crippen MR) is 90.1 cm³/mol. The molecule has 1 saturated heterocycles. The highest BCUT2D eigenvalue weighted by molar-refractivity contribution is 6.03. The van der Waals surface area contributed by atoms with Gasteiger partial charge in [0, 0.05) is 12.6 Å². The number of likely N-dealkylation sites (tertiary alicyclic amines) is 1. The summed E-state index contributed by atoms with van der Waals surface area (Å²) in [5.74, 6) is -4.38. The lowest BCUT2D eigenvalue weighted by atomic mass is 9.95. The van der Waals surface area contributed by atoms with Crippen LogP contribution >= 0.6 is 0 Å². The van der Waals surface area contributed by atoms with Gasteiger partial charge in [0.05, 0.1) is 6.04 Å². The lowest BCUT2D eigenvalue weighted by Gasteiger charge is -2.37. The number of nitrogens with zero attached hydrogens (tertiary/aromatic N) is 2. The van der Waals surface area contributed by atoms with E-state index in [1.165, 1.54) is 18.7 Å². The van der Waals surface area contributed by atoms with Gasteiger partial charge in [0.1, 0.15) is 6.04 Å². The van der Waals surface area contributed by atoms with Gasteiger partial charge in [0.2, 0.25) is 5.91 Å². The maximum Gasteiger partial charge on any atom is 0.452 e. The van der Waals surface area contributed by atoms with E-state index in [0.29, 0.717) is 24.3 Å². The fourth-order valence-electron chi connectivity index (χ4n) is 3.04. The van der Waals surface area contributed by atoms with E-state index < -0.39 is 47.8 Å². The first kappa shape index (κ1) is 22.4. The summed E-state index contributed by atoms with van der Waals surface area (Å²) in [6, 6.07) is -4.22. The van der Waals surface area contributed by atoms with Gasteiger partial charge in [-0.3, -0.25) is 14.5 Å². The Kier molecular flexibility index (Phi) is 7.21. The third-order valence-corrected chi connectivity index (χ3v) is 4.70. The van der Waals surface area contributed by atoms with Crippen LogP contribution < -0.4 is 5.73 Å². The third kappa shape index (κ3) is 4.75. The average Bonchev–Trinajstić information content (AvgIpc) is 2.94. The van der Waals surface area contributed by atoms with Crippen LogP contribution in [0, 0.1) is 11.8 Å². The summed E-state index contributed by atoms with van der Waals surface area (Å²) in [6.45, 7) is 8.07. The number of nitrogens with two attached hydrogens (primary N) is 1. The molecule has 0 bridgehead atoms. The number of urea groups is 1. The largest absolute Gasteiger partial charge is 0.452 e. The lowest BCUT2D eigenvalue weighted by Crippen LogP contribution is -2.62. The lowest BCUT2D eigenvalue weighted by molar-refractivity contribution is -0.178. The summed E-state index contributed by atoms with van der Waals surface area (Å²) < 4.78 is 39.3. The van der Waals surface area contributed by atoms with E-state index in [0.717, 1.165) is 0 Å². The number of halogens is 3. The van der Waals surface area contributed by atoms with Crippen LogP contribution in [0.25, 0.3) is 0 Å². The fraction of sp³-hybridized carbons (Fsp3) is 0.824. The molecular weight excluding hydrogens is 351 g/mol. The molecule has 2 N–H and O–H groups in total. The first-order valence-electron chi connectivity index (χ1n) is 8.81. The number of amides is 3. The molecule has 1 heterocycles. The molecule has 3 atom stereocenters. The quantitative estimate of drug-likeness (QED) is 0.796. The van der Waals surface area contributed by atoms with E-state index in [-0.39, 0.29) is 6.04 Å². The third-order valence-electron chi connectivity index (χ3n) is 4.70. The zero-order chi connectivity index (χ0) is 20.4. The minimum atomic E-state index is -5.16. The van der Waals surface area contributed by atoms with Gasteiger partial charge in [-0.1, -0.05) is 27.7 Å². The van der Waals surface area contributed by atoms with Crippen LogP contribution in [0.5, 0.6) is 0 Å². The predicted octanol–water partition coefficient (Wildman–Crippen LogP) is 2.56. The molecule has 1 aliphatic rings. The number of carbonyl (C=O) groups is 3. The SMILES string of the molecule is CC(C)C(C(=O)C(F)(F)F)N(C(=O)[C@@H](N)C(C)C)C(=O)N1CCC[C@H]1C.